The van der Waals surface area contributed by atoms with Gasteiger partial charge in [-0.2, -0.15) is 0 Å². The van der Waals surface area contributed by atoms with E-state index < -0.39 is 0 Å². The van der Waals surface area contributed by atoms with Crippen LogP contribution in [0.4, 0.5) is 0 Å². The average Bonchev–Trinajstić information content (AvgIpc) is 2.28. The summed E-state index contributed by atoms with van der Waals surface area (Å²) >= 11 is 0. The van der Waals surface area contributed by atoms with Crippen LogP contribution in [0.2, 0.25) is 0 Å². The van der Waals surface area contributed by atoms with Crippen molar-refractivity contribution in [3.63, 3.8) is 0 Å². The number of hydrogen-bond donors (Lipinski definition) is 2. The first-order valence-corrected chi connectivity index (χ1v) is 6.40. The minimum atomic E-state index is 0.135. The Morgan fingerprint density at radius 1 is 1.25 bits per heavy atom. The third kappa shape index (κ3) is 6.08. The molecule has 0 saturated carbocycles. The molecule has 0 aliphatic carbocycles. The smallest absolute Gasteiger partial charge is 0.221 e. The fourth-order valence-corrected chi connectivity index (χ4v) is 1.98. The molecular weight excluding hydrogens is 202 g/mol. The summed E-state index contributed by atoms with van der Waals surface area (Å²) in [5.74, 6) is 0.135. The lowest BCUT2D eigenvalue weighted by atomic mass is 10.1. The zero-order valence-electron chi connectivity index (χ0n) is 11.0. The summed E-state index contributed by atoms with van der Waals surface area (Å²) in [7, 11) is 0. The summed E-state index contributed by atoms with van der Waals surface area (Å²) in [5, 5.41) is 2.82. The van der Waals surface area contributed by atoms with Crippen LogP contribution in [0.1, 0.15) is 40.0 Å². The van der Waals surface area contributed by atoms with E-state index in [0.29, 0.717) is 25.6 Å². The van der Waals surface area contributed by atoms with Gasteiger partial charge in [0.05, 0.1) is 0 Å². The minimum Gasteiger partial charge on any atom is -0.356 e. The van der Waals surface area contributed by atoms with E-state index in [1.54, 1.807) is 0 Å². The molecular formula is C12H27N3O. The molecule has 4 nitrogen and oxygen atoms in total. The van der Waals surface area contributed by atoms with Crippen molar-refractivity contribution in [2.45, 2.75) is 46.1 Å². The molecule has 0 rings (SSSR count). The number of carbonyl (C=O) groups is 1. The van der Waals surface area contributed by atoms with Crippen LogP contribution in [-0.4, -0.2) is 43.0 Å². The molecule has 0 aliphatic heterocycles. The van der Waals surface area contributed by atoms with Gasteiger partial charge in [-0.25, -0.2) is 0 Å². The van der Waals surface area contributed by atoms with Gasteiger partial charge in [-0.15, -0.1) is 0 Å². The maximum atomic E-state index is 11.4. The van der Waals surface area contributed by atoms with Crippen LogP contribution in [0.3, 0.4) is 0 Å². The summed E-state index contributed by atoms with van der Waals surface area (Å²) in [4.78, 5) is 13.7. The molecule has 0 aromatic carbocycles. The summed E-state index contributed by atoms with van der Waals surface area (Å²) < 4.78 is 0. The van der Waals surface area contributed by atoms with Gasteiger partial charge in [-0.1, -0.05) is 13.8 Å². The zero-order chi connectivity index (χ0) is 12.4. The molecule has 0 bridgehead atoms. The van der Waals surface area contributed by atoms with E-state index in [1.807, 2.05) is 6.92 Å². The maximum Gasteiger partial charge on any atom is 0.221 e. The van der Waals surface area contributed by atoms with Gasteiger partial charge < -0.3 is 11.1 Å². The van der Waals surface area contributed by atoms with Crippen molar-refractivity contribution in [1.82, 2.24) is 10.2 Å². The van der Waals surface area contributed by atoms with Gasteiger partial charge in [0.2, 0.25) is 5.91 Å². The Bertz CT molecular complexity index is 181. The van der Waals surface area contributed by atoms with E-state index in [0.717, 1.165) is 25.9 Å². The van der Waals surface area contributed by atoms with Crippen LogP contribution >= 0.6 is 0 Å². The first-order valence-electron chi connectivity index (χ1n) is 6.40. The van der Waals surface area contributed by atoms with Gasteiger partial charge in [-0.3, -0.25) is 9.69 Å². The van der Waals surface area contributed by atoms with Gasteiger partial charge in [0.25, 0.3) is 0 Å². The lowest BCUT2D eigenvalue weighted by Crippen LogP contribution is -2.40. The molecule has 0 fully saturated rings. The summed E-state index contributed by atoms with van der Waals surface area (Å²) in [5.41, 5.74) is 5.60. The molecule has 0 atom stereocenters. The summed E-state index contributed by atoms with van der Waals surface area (Å²) in [6, 6.07) is 0.554. The first kappa shape index (κ1) is 15.4. The predicted octanol–water partition coefficient (Wildman–Crippen LogP) is 0.962. The number of rotatable bonds is 9. The predicted molar refractivity (Wildman–Crippen MR) is 68.3 cm³/mol. The van der Waals surface area contributed by atoms with Crippen molar-refractivity contribution >= 4 is 5.91 Å². The Kier molecular flexibility index (Phi) is 9.24. The third-order valence-corrected chi connectivity index (χ3v) is 2.88. The molecule has 0 aromatic rings. The van der Waals surface area contributed by atoms with Crippen molar-refractivity contribution in [1.29, 1.82) is 0 Å². The topological polar surface area (TPSA) is 58.4 Å². The SMILES string of the molecule is CCNC(=O)CCN(CCN)C(CC)CC. The zero-order valence-corrected chi connectivity index (χ0v) is 11.0. The van der Waals surface area contributed by atoms with Gasteiger partial charge >= 0.3 is 0 Å². The van der Waals surface area contributed by atoms with E-state index in [1.165, 1.54) is 0 Å². The number of hydrogen-bond acceptors (Lipinski definition) is 3. The maximum absolute atomic E-state index is 11.4. The second kappa shape index (κ2) is 9.60. The highest BCUT2D eigenvalue weighted by Gasteiger charge is 2.14. The standard InChI is InChI=1S/C12H27N3O/c1-4-11(5-2)15(10-8-13)9-7-12(16)14-6-3/h11H,4-10,13H2,1-3H3,(H,14,16). The Balaban J connectivity index is 4.06. The van der Waals surface area contributed by atoms with Gasteiger partial charge in [0, 0.05) is 38.6 Å². The van der Waals surface area contributed by atoms with Crippen LogP contribution in [-0.2, 0) is 4.79 Å². The average molecular weight is 229 g/mol. The third-order valence-electron chi connectivity index (χ3n) is 2.88. The number of amides is 1. The number of carbonyl (C=O) groups excluding carboxylic acids is 1. The van der Waals surface area contributed by atoms with Crippen molar-refractivity contribution in [3.05, 3.63) is 0 Å². The highest BCUT2D eigenvalue weighted by molar-refractivity contribution is 5.75. The summed E-state index contributed by atoms with van der Waals surface area (Å²) in [6.45, 7) is 9.37. The Labute approximate surface area is 99.6 Å². The first-order chi connectivity index (χ1) is 7.69. The van der Waals surface area contributed by atoms with Crippen LogP contribution < -0.4 is 11.1 Å². The summed E-state index contributed by atoms with van der Waals surface area (Å²) in [6.07, 6.45) is 2.81. The number of nitrogens with two attached hydrogens (primary N) is 1. The van der Waals surface area contributed by atoms with Crippen molar-refractivity contribution in [2.24, 2.45) is 5.73 Å². The minimum absolute atomic E-state index is 0.135. The monoisotopic (exact) mass is 229 g/mol. The van der Waals surface area contributed by atoms with Crippen LogP contribution in [0, 0.1) is 0 Å². The number of nitrogens with one attached hydrogen (secondary N) is 1. The van der Waals surface area contributed by atoms with E-state index in [2.05, 4.69) is 24.1 Å². The highest BCUT2D eigenvalue weighted by atomic mass is 16.1. The quantitative estimate of drug-likeness (QED) is 0.619. The lowest BCUT2D eigenvalue weighted by Gasteiger charge is -2.29. The number of nitrogens with zero attached hydrogens (tertiary/aromatic N) is 1. The molecule has 0 aromatic heterocycles. The van der Waals surface area contributed by atoms with Crippen molar-refractivity contribution in [2.75, 3.05) is 26.2 Å². The van der Waals surface area contributed by atoms with Gasteiger partial charge in [-0.05, 0) is 19.8 Å². The van der Waals surface area contributed by atoms with Crippen LogP contribution in [0.15, 0.2) is 0 Å². The molecule has 0 aliphatic rings. The highest BCUT2D eigenvalue weighted by Crippen LogP contribution is 2.08. The van der Waals surface area contributed by atoms with E-state index in [4.69, 9.17) is 5.73 Å². The van der Waals surface area contributed by atoms with E-state index in [9.17, 15) is 4.79 Å². The molecule has 0 unspecified atom stereocenters. The van der Waals surface area contributed by atoms with Crippen LogP contribution in [0.5, 0.6) is 0 Å². The second-order valence-electron chi connectivity index (χ2n) is 4.00. The molecule has 0 spiro atoms. The molecule has 1 amide bonds. The molecule has 96 valence electrons. The normalized spacial score (nSPS) is 11.1. The largest absolute Gasteiger partial charge is 0.356 e. The lowest BCUT2D eigenvalue weighted by molar-refractivity contribution is -0.121. The van der Waals surface area contributed by atoms with Gasteiger partial charge in [0.1, 0.15) is 0 Å². The molecule has 3 N–H and O–H groups in total. The van der Waals surface area contributed by atoms with Crippen molar-refractivity contribution < 1.29 is 4.79 Å². The van der Waals surface area contributed by atoms with Gasteiger partial charge in [0.15, 0.2) is 0 Å². The molecule has 0 saturated heterocycles. The molecule has 0 heterocycles. The Hall–Kier alpha value is -0.610. The second-order valence-corrected chi connectivity index (χ2v) is 4.00. The van der Waals surface area contributed by atoms with Crippen LogP contribution in [0.25, 0.3) is 0 Å². The van der Waals surface area contributed by atoms with E-state index >= 15 is 0 Å². The molecule has 4 heteroatoms. The fourth-order valence-electron chi connectivity index (χ4n) is 1.98. The fraction of sp³-hybridized carbons (Fsp3) is 0.917. The van der Waals surface area contributed by atoms with Crippen molar-refractivity contribution in [3.8, 4) is 0 Å². The Morgan fingerprint density at radius 2 is 1.88 bits per heavy atom. The van der Waals surface area contributed by atoms with E-state index in [-0.39, 0.29) is 5.91 Å². The molecule has 16 heavy (non-hydrogen) atoms. The molecule has 0 radical (unpaired) electrons. The Morgan fingerprint density at radius 3 is 2.31 bits per heavy atom.